The van der Waals surface area contributed by atoms with Gasteiger partial charge in [0, 0.05) is 25.7 Å². The Hall–Kier alpha value is -1.34. The van der Waals surface area contributed by atoms with Crippen molar-refractivity contribution >= 4 is 41.6 Å². The fourth-order valence-corrected chi connectivity index (χ4v) is 4.39. The standard InChI is InChI=1S/C19H26ClN3O3.ClH/c1-2-21(13-18(24)25)14-7-10-22(11-8-14)17-9-12-23(19(17)26)16-6-4-3-5-15(16)20;/h3-6,14,17H,2,7-13H2,1H3,(H,24,25);1H. The highest BCUT2D eigenvalue weighted by Crippen LogP contribution is 2.31. The molecule has 2 aliphatic heterocycles. The summed E-state index contributed by atoms with van der Waals surface area (Å²) in [6.07, 6.45) is 2.61. The lowest BCUT2D eigenvalue weighted by Gasteiger charge is -2.39. The van der Waals surface area contributed by atoms with Crippen LogP contribution in [-0.4, -0.2) is 71.6 Å². The number of carboxylic acids is 1. The molecule has 8 heteroatoms. The van der Waals surface area contributed by atoms with Crippen molar-refractivity contribution in [1.82, 2.24) is 9.80 Å². The molecule has 2 saturated heterocycles. The Morgan fingerprint density at radius 1 is 1.22 bits per heavy atom. The van der Waals surface area contributed by atoms with E-state index in [4.69, 9.17) is 16.7 Å². The normalized spacial score (nSPS) is 21.5. The van der Waals surface area contributed by atoms with Gasteiger partial charge in [0.15, 0.2) is 0 Å². The Kier molecular flexibility index (Phi) is 7.91. The number of hydrogen-bond donors (Lipinski definition) is 1. The summed E-state index contributed by atoms with van der Waals surface area (Å²) in [6, 6.07) is 7.65. The molecule has 1 amide bonds. The van der Waals surface area contributed by atoms with Gasteiger partial charge in [-0.05, 0) is 37.9 Å². The molecule has 150 valence electrons. The number of hydrogen-bond acceptors (Lipinski definition) is 4. The lowest BCUT2D eigenvalue weighted by molar-refractivity contribution is -0.139. The van der Waals surface area contributed by atoms with Crippen molar-refractivity contribution in [1.29, 1.82) is 0 Å². The Bertz CT molecular complexity index is 665. The highest BCUT2D eigenvalue weighted by Gasteiger charge is 2.39. The van der Waals surface area contributed by atoms with Crippen molar-refractivity contribution in [3.05, 3.63) is 29.3 Å². The van der Waals surface area contributed by atoms with Gasteiger partial charge < -0.3 is 10.0 Å². The van der Waals surface area contributed by atoms with E-state index >= 15 is 0 Å². The Morgan fingerprint density at radius 2 is 1.89 bits per heavy atom. The van der Waals surface area contributed by atoms with Crippen LogP contribution in [0.4, 0.5) is 5.69 Å². The highest BCUT2D eigenvalue weighted by atomic mass is 35.5. The van der Waals surface area contributed by atoms with E-state index in [-0.39, 0.29) is 36.9 Å². The average molecular weight is 416 g/mol. The molecule has 1 N–H and O–H groups in total. The topological polar surface area (TPSA) is 64.1 Å². The largest absolute Gasteiger partial charge is 0.480 e. The highest BCUT2D eigenvalue weighted by molar-refractivity contribution is 6.33. The summed E-state index contributed by atoms with van der Waals surface area (Å²) < 4.78 is 0. The van der Waals surface area contributed by atoms with E-state index in [1.807, 2.05) is 36.1 Å². The van der Waals surface area contributed by atoms with Crippen LogP contribution in [-0.2, 0) is 9.59 Å². The number of anilines is 1. The Morgan fingerprint density at radius 3 is 2.48 bits per heavy atom. The summed E-state index contributed by atoms with van der Waals surface area (Å²) in [4.78, 5) is 30.0. The number of rotatable bonds is 6. The number of benzene rings is 1. The summed E-state index contributed by atoms with van der Waals surface area (Å²) >= 11 is 6.25. The molecule has 1 aromatic carbocycles. The zero-order chi connectivity index (χ0) is 18.7. The van der Waals surface area contributed by atoms with Gasteiger partial charge in [-0.3, -0.25) is 19.4 Å². The molecule has 3 rings (SSSR count). The van der Waals surface area contributed by atoms with E-state index in [2.05, 4.69) is 4.90 Å². The second-order valence-corrected chi connectivity index (χ2v) is 7.38. The maximum Gasteiger partial charge on any atom is 0.317 e. The van der Waals surface area contributed by atoms with Crippen LogP contribution in [0.3, 0.4) is 0 Å². The molecular weight excluding hydrogens is 389 g/mol. The molecule has 6 nitrogen and oxygen atoms in total. The Labute approximate surface area is 171 Å². The SMILES string of the molecule is CCN(CC(=O)O)C1CCN(C2CCN(c3ccccc3Cl)C2=O)CC1.Cl. The van der Waals surface area contributed by atoms with E-state index < -0.39 is 5.97 Å². The van der Waals surface area contributed by atoms with Gasteiger partial charge in [-0.1, -0.05) is 30.7 Å². The number of likely N-dealkylation sites (N-methyl/N-ethyl adjacent to an activating group) is 1. The number of likely N-dealkylation sites (tertiary alicyclic amines) is 1. The molecule has 0 aromatic heterocycles. The quantitative estimate of drug-likeness (QED) is 0.773. The van der Waals surface area contributed by atoms with Crippen LogP contribution in [0, 0.1) is 0 Å². The van der Waals surface area contributed by atoms with Crippen molar-refractivity contribution < 1.29 is 14.7 Å². The fourth-order valence-electron chi connectivity index (χ4n) is 4.15. The van der Waals surface area contributed by atoms with Gasteiger partial charge in [0.2, 0.25) is 5.91 Å². The van der Waals surface area contributed by atoms with Gasteiger partial charge in [-0.25, -0.2) is 0 Å². The molecule has 0 radical (unpaired) electrons. The molecule has 2 fully saturated rings. The van der Waals surface area contributed by atoms with Crippen LogP contribution in [0.2, 0.25) is 5.02 Å². The molecule has 1 aromatic rings. The number of amides is 1. The zero-order valence-electron chi connectivity index (χ0n) is 15.5. The molecule has 1 atom stereocenters. The molecule has 27 heavy (non-hydrogen) atoms. The van der Waals surface area contributed by atoms with Gasteiger partial charge in [-0.2, -0.15) is 0 Å². The first kappa shape index (κ1) is 22.0. The molecule has 0 aliphatic carbocycles. The maximum atomic E-state index is 12.9. The summed E-state index contributed by atoms with van der Waals surface area (Å²) in [5.74, 6) is -0.662. The minimum Gasteiger partial charge on any atom is -0.480 e. The van der Waals surface area contributed by atoms with E-state index in [0.717, 1.165) is 44.6 Å². The van der Waals surface area contributed by atoms with Gasteiger partial charge >= 0.3 is 5.97 Å². The second kappa shape index (κ2) is 9.73. The third kappa shape index (κ3) is 4.93. The first-order chi connectivity index (χ1) is 12.5. The number of halogens is 2. The molecule has 0 saturated carbocycles. The van der Waals surface area contributed by atoms with Crippen molar-refractivity contribution in [2.24, 2.45) is 0 Å². The number of carbonyl (C=O) groups is 2. The number of aliphatic carboxylic acids is 1. The van der Waals surface area contributed by atoms with Gasteiger partial charge in [0.1, 0.15) is 0 Å². The summed E-state index contributed by atoms with van der Waals surface area (Å²) in [6.45, 7) is 5.16. The summed E-state index contributed by atoms with van der Waals surface area (Å²) in [7, 11) is 0. The third-order valence-electron chi connectivity index (χ3n) is 5.52. The van der Waals surface area contributed by atoms with Gasteiger partial charge in [-0.15, -0.1) is 12.4 Å². The van der Waals surface area contributed by atoms with Gasteiger partial charge in [0.25, 0.3) is 0 Å². The average Bonchev–Trinajstić information content (AvgIpc) is 3.01. The van der Waals surface area contributed by atoms with Crippen molar-refractivity contribution in [2.45, 2.75) is 38.3 Å². The van der Waals surface area contributed by atoms with Gasteiger partial charge in [0.05, 0.1) is 23.3 Å². The third-order valence-corrected chi connectivity index (χ3v) is 5.84. The molecule has 2 heterocycles. The van der Waals surface area contributed by atoms with Crippen molar-refractivity contribution in [3.8, 4) is 0 Å². The van der Waals surface area contributed by atoms with E-state index in [0.29, 0.717) is 11.6 Å². The number of nitrogens with zero attached hydrogens (tertiary/aromatic N) is 3. The van der Waals surface area contributed by atoms with Crippen LogP contribution in [0.25, 0.3) is 0 Å². The second-order valence-electron chi connectivity index (χ2n) is 6.97. The molecule has 2 aliphatic rings. The molecule has 1 unspecified atom stereocenters. The smallest absolute Gasteiger partial charge is 0.317 e. The van der Waals surface area contributed by atoms with Crippen LogP contribution in [0.15, 0.2) is 24.3 Å². The van der Waals surface area contributed by atoms with Crippen LogP contribution < -0.4 is 4.90 Å². The van der Waals surface area contributed by atoms with Crippen molar-refractivity contribution in [3.63, 3.8) is 0 Å². The van der Waals surface area contributed by atoms with E-state index in [1.165, 1.54) is 0 Å². The minimum atomic E-state index is -0.782. The Balaban J connectivity index is 0.00000261. The monoisotopic (exact) mass is 415 g/mol. The molecule has 0 bridgehead atoms. The molecular formula is C19H27Cl2N3O3. The summed E-state index contributed by atoms with van der Waals surface area (Å²) in [5.41, 5.74) is 0.787. The predicted molar refractivity (Wildman–Crippen MR) is 109 cm³/mol. The summed E-state index contributed by atoms with van der Waals surface area (Å²) in [5, 5.41) is 9.66. The number of para-hydroxylation sites is 1. The zero-order valence-corrected chi connectivity index (χ0v) is 17.1. The lowest BCUT2D eigenvalue weighted by atomic mass is 10.0. The van der Waals surface area contributed by atoms with E-state index in [1.54, 1.807) is 4.90 Å². The van der Waals surface area contributed by atoms with E-state index in [9.17, 15) is 9.59 Å². The first-order valence-electron chi connectivity index (χ1n) is 9.27. The maximum absolute atomic E-state index is 12.9. The van der Waals surface area contributed by atoms with Crippen LogP contribution in [0.1, 0.15) is 26.2 Å². The predicted octanol–water partition coefficient (Wildman–Crippen LogP) is 2.74. The lowest BCUT2D eigenvalue weighted by Crippen LogP contribution is -2.51. The number of carboxylic acid groups (broad SMARTS) is 1. The van der Waals surface area contributed by atoms with Crippen molar-refractivity contribution in [2.75, 3.05) is 37.6 Å². The molecule has 0 spiro atoms. The first-order valence-corrected chi connectivity index (χ1v) is 9.64. The minimum absolute atomic E-state index is 0. The fraction of sp³-hybridized carbons (Fsp3) is 0.579. The number of piperidine rings is 1. The number of carbonyl (C=O) groups excluding carboxylic acids is 1. The van der Waals surface area contributed by atoms with Crippen LogP contribution >= 0.6 is 24.0 Å². The van der Waals surface area contributed by atoms with Crippen LogP contribution in [0.5, 0.6) is 0 Å².